The van der Waals surface area contributed by atoms with Crippen molar-refractivity contribution in [1.82, 2.24) is 9.97 Å². The van der Waals surface area contributed by atoms with Crippen molar-refractivity contribution in [2.45, 2.75) is 45.7 Å². The Balaban J connectivity index is 1.49. The minimum absolute atomic E-state index is 0.0147. The summed E-state index contributed by atoms with van der Waals surface area (Å²) in [5, 5.41) is 9.44. The average Bonchev–Trinajstić information content (AvgIpc) is 2.66. The maximum atomic E-state index is 4.60. The monoisotopic (exact) mass is 384 g/mol. The van der Waals surface area contributed by atoms with E-state index in [-0.39, 0.29) is 5.54 Å². The van der Waals surface area contributed by atoms with Crippen LogP contribution in [0.1, 0.15) is 33.3 Å². The Morgan fingerprint density at radius 2 is 1.62 bits per heavy atom. The van der Waals surface area contributed by atoms with Crippen molar-refractivity contribution in [3.05, 3.63) is 72.6 Å². The summed E-state index contributed by atoms with van der Waals surface area (Å²) in [5.74, 6) is 0. The van der Waals surface area contributed by atoms with Gasteiger partial charge in [0, 0.05) is 34.2 Å². The van der Waals surface area contributed by atoms with Crippen molar-refractivity contribution < 1.29 is 0 Å². The van der Waals surface area contributed by atoms with Crippen LogP contribution in [0.15, 0.2) is 67.0 Å². The van der Waals surface area contributed by atoms with E-state index in [0.29, 0.717) is 6.04 Å². The molecule has 1 unspecified atom stereocenters. The average molecular weight is 385 g/mol. The Morgan fingerprint density at radius 1 is 0.862 bits per heavy atom. The third-order valence-corrected chi connectivity index (χ3v) is 4.82. The zero-order chi connectivity index (χ0) is 20.4. The third-order valence-electron chi connectivity index (χ3n) is 4.82. The molecule has 2 aromatic heterocycles. The molecular weight excluding hydrogens is 356 g/mol. The SMILES string of the molecule is CC(Cc1ccc2ncc(NC(C)(C)C)cc2c1)Nc1ccc2ncccc2c1. The molecule has 1 atom stereocenters. The van der Waals surface area contributed by atoms with E-state index in [1.54, 1.807) is 0 Å². The first-order valence-electron chi connectivity index (χ1n) is 10.1. The lowest BCUT2D eigenvalue weighted by atomic mass is 10.0. The Morgan fingerprint density at radius 3 is 2.45 bits per heavy atom. The van der Waals surface area contributed by atoms with Crippen molar-refractivity contribution in [3.8, 4) is 0 Å². The highest BCUT2D eigenvalue weighted by Gasteiger charge is 2.11. The normalized spacial score (nSPS) is 12.8. The standard InChI is InChI=1S/C25H28N4/c1-17(28-21-8-10-23-19(14-21)6-5-11-26-23)12-18-7-9-24-20(13-18)15-22(16-27-24)29-25(2,3)4/h5-11,13-17,28-29H,12H2,1-4H3. The lowest BCUT2D eigenvalue weighted by Gasteiger charge is -2.22. The largest absolute Gasteiger partial charge is 0.382 e. The summed E-state index contributed by atoms with van der Waals surface area (Å²) in [5.41, 5.74) is 5.54. The first kappa shape index (κ1) is 19.2. The molecule has 0 radical (unpaired) electrons. The van der Waals surface area contributed by atoms with Crippen LogP contribution in [0.3, 0.4) is 0 Å². The van der Waals surface area contributed by atoms with E-state index in [4.69, 9.17) is 0 Å². The van der Waals surface area contributed by atoms with Crippen LogP contribution in [0.2, 0.25) is 0 Å². The van der Waals surface area contributed by atoms with E-state index in [9.17, 15) is 0 Å². The number of hydrogen-bond acceptors (Lipinski definition) is 4. The molecule has 4 heteroatoms. The van der Waals surface area contributed by atoms with Crippen LogP contribution >= 0.6 is 0 Å². The number of aromatic nitrogens is 2. The van der Waals surface area contributed by atoms with Gasteiger partial charge in [0.05, 0.1) is 22.9 Å². The Bertz CT molecular complexity index is 1140. The van der Waals surface area contributed by atoms with Gasteiger partial charge in [0.1, 0.15) is 0 Å². The number of rotatable bonds is 5. The lowest BCUT2D eigenvalue weighted by molar-refractivity contribution is 0.634. The van der Waals surface area contributed by atoms with Gasteiger partial charge in [-0.05, 0) is 82.1 Å². The van der Waals surface area contributed by atoms with E-state index in [1.807, 2.05) is 18.5 Å². The fourth-order valence-electron chi connectivity index (χ4n) is 3.66. The smallest absolute Gasteiger partial charge is 0.0703 e. The number of nitrogens with zero attached hydrogens (tertiary/aromatic N) is 2. The Labute approximate surface area is 172 Å². The fraction of sp³-hybridized carbons (Fsp3) is 0.280. The lowest BCUT2D eigenvalue weighted by Crippen LogP contribution is -2.26. The molecule has 0 aliphatic rings. The van der Waals surface area contributed by atoms with Gasteiger partial charge in [0.2, 0.25) is 0 Å². The predicted octanol–water partition coefficient (Wildman–Crippen LogP) is 6.04. The van der Waals surface area contributed by atoms with Crippen LogP contribution in [0, 0.1) is 0 Å². The second kappa shape index (κ2) is 7.70. The third kappa shape index (κ3) is 4.83. The predicted molar refractivity (Wildman–Crippen MR) is 124 cm³/mol. The molecule has 148 valence electrons. The van der Waals surface area contributed by atoms with Gasteiger partial charge >= 0.3 is 0 Å². The Hall–Kier alpha value is -3.14. The van der Waals surface area contributed by atoms with Gasteiger partial charge in [0.25, 0.3) is 0 Å². The van der Waals surface area contributed by atoms with Gasteiger partial charge < -0.3 is 10.6 Å². The summed E-state index contributed by atoms with van der Waals surface area (Å²) < 4.78 is 0. The number of hydrogen-bond donors (Lipinski definition) is 2. The van der Waals surface area contributed by atoms with Crippen molar-refractivity contribution in [1.29, 1.82) is 0 Å². The minimum Gasteiger partial charge on any atom is -0.382 e. The maximum absolute atomic E-state index is 4.60. The molecule has 0 aliphatic carbocycles. The van der Waals surface area contributed by atoms with Crippen LogP contribution in [0.4, 0.5) is 11.4 Å². The molecule has 4 rings (SSSR count). The first-order valence-corrected chi connectivity index (χ1v) is 10.1. The van der Waals surface area contributed by atoms with E-state index in [0.717, 1.165) is 34.2 Å². The molecule has 0 aliphatic heterocycles. The first-order chi connectivity index (χ1) is 13.9. The van der Waals surface area contributed by atoms with Gasteiger partial charge in [-0.2, -0.15) is 0 Å². The number of anilines is 2. The van der Waals surface area contributed by atoms with Crippen molar-refractivity contribution in [2.75, 3.05) is 10.6 Å². The van der Waals surface area contributed by atoms with Crippen LogP contribution in [-0.4, -0.2) is 21.5 Å². The highest BCUT2D eigenvalue weighted by molar-refractivity contribution is 5.83. The van der Waals surface area contributed by atoms with Crippen LogP contribution in [0.5, 0.6) is 0 Å². The van der Waals surface area contributed by atoms with Gasteiger partial charge in [-0.15, -0.1) is 0 Å². The second-order valence-corrected chi connectivity index (χ2v) is 8.79. The molecule has 0 saturated heterocycles. The molecular formula is C25H28N4. The summed E-state index contributed by atoms with van der Waals surface area (Å²) in [7, 11) is 0. The molecule has 0 saturated carbocycles. The molecule has 29 heavy (non-hydrogen) atoms. The zero-order valence-corrected chi connectivity index (χ0v) is 17.5. The number of pyridine rings is 2. The van der Waals surface area contributed by atoms with E-state index >= 15 is 0 Å². The topological polar surface area (TPSA) is 49.8 Å². The maximum Gasteiger partial charge on any atom is 0.0703 e. The van der Waals surface area contributed by atoms with E-state index in [1.165, 1.54) is 10.9 Å². The molecule has 4 nitrogen and oxygen atoms in total. The Kier molecular flexibility index (Phi) is 5.10. The molecule has 0 bridgehead atoms. The van der Waals surface area contributed by atoms with E-state index < -0.39 is 0 Å². The fourth-order valence-corrected chi connectivity index (χ4v) is 3.66. The summed E-state index contributed by atoms with van der Waals surface area (Å²) in [6, 6.07) is 19.4. The minimum atomic E-state index is 0.0147. The van der Waals surface area contributed by atoms with Crippen molar-refractivity contribution >= 4 is 33.2 Å². The summed E-state index contributed by atoms with van der Waals surface area (Å²) in [4.78, 5) is 8.99. The summed E-state index contributed by atoms with van der Waals surface area (Å²) in [6.45, 7) is 8.69. The van der Waals surface area contributed by atoms with E-state index in [2.05, 4.69) is 96.8 Å². The van der Waals surface area contributed by atoms with Crippen LogP contribution < -0.4 is 10.6 Å². The summed E-state index contributed by atoms with van der Waals surface area (Å²) >= 11 is 0. The number of benzene rings is 2. The molecule has 0 fully saturated rings. The van der Waals surface area contributed by atoms with Gasteiger partial charge in [0.15, 0.2) is 0 Å². The zero-order valence-electron chi connectivity index (χ0n) is 17.5. The molecule has 2 N–H and O–H groups in total. The molecule has 2 aromatic carbocycles. The van der Waals surface area contributed by atoms with Gasteiger partial charge in [-0.1, -0.05) is 12.1 Å². The molecule has 4 aromatic rings. The number of fused-ring (bicyclic) bond motifs is 2. The summed E-state index contributed by atoms with van der Waals surface area (Å²) in [6.07, 6.45) is 4.68. The van der Waals surface area contributed by atoms with Gasteiger partial charge in [-0.25, -0.2) is 0 Å². The quantitative estimate of drug-likeness (QED) is 0.441. The van der Waals surface area contributed by atoms with Crippen molar-refractivity contribution in [3.63, 3.8) is 0 Å². The van der Waals surface area contributed by atoms with Crippen LogP contribution in [-0.2, 0) is 6.42 Å². The number of nitrogens with one attached hydrogen (secondary N) is 2. The van der Waals surface area contributed by atoms with Crippen LogP contribution in [0.25, 0.3) is 21.8 Å². The molecule has 2 heterocycles. The van der Waals surface area contributed by atoms with Gasteiger partial charge in [-0.3, -0.25) is 9.97 Å². The van der Waals surface area contributed by atoms with Crippen molar-refractivity contribution in [2.24, 2.45) is 0 Å². The highest BCUT2D eigenvalue weighted by atomic mass is 15.0. The second-order valence-electron chi connectivity index (χ2n) is 8.79. The molecule has 0 amide bonds. The highest BCUT2D eigenvalue weighted by Crippen LogP contribution is 2.22. The molecule has 0 spiro atoms.